The lowest BCUT2D eigenvalue weighted by Gasteiger charge is -2.00. The van der Waals surface area contributed by atoms with Crippen molar-refractivity contribution in [3.63, 3.8) is 0 Å². The topological polar surface area (TPSA) is 164 Å². The van der Waals surface area contributed by atoms with E-state index >= 15 is 0 Å². The number of cyclic esters (lactones) is 1. The van der Waals surface area contributed by atoms with E-state index in [1.807, 2.05) is 0 Å². The van der Waals surface area contributed by atoms with Gasteiger partial charge >= 0.3 is 11.6 Å². The average Bonchev–Trinajstić information content (AvgIpc) is 2.83. The summed E-state index contributed by atoms with van der Waals surface area (Å²) in [4.78, 5) is 49.2. The van der Waals surface area contributed by atoms with E-state index in [-0.39, 0.29) is 16.0 Å². The molecule has 2 aliphatic heterocycles. The number of aliphatic hydroxyl groups excluding tert-OH is 3. The highest BCUT2D eigenvalue weighted by Gasteiger charge is 2.36. The van der Waals surface area contributed by atoms with Crippen LogP contribution in [0.25, 0.3) is 12.5 Å². The molecule has 142 valence electrons. The van der Waals surface area contributed by atoms with Crippen LogP contribution in [0.2, 0.25) is 0 Å². The quantitative estimate of drug-likeness (QED) is 0.386. The van der Waals surface area contributed by atoms with Crippen molar-refractivity contribution in [2.45, 2.75) is 13.2 Å². The van der Waals surface area contributed by atoms with Crippen molar-refractivity contribution in [1.82, 2.24) is 0 Å². The van der Waals surface area contributed by atoms with Gasteiger partial charge in [0.1, 0.15) is 16.0 Å². The molecule has 1 unspecified atom stereocenters. The Hall–Kier alpha value is -3.92. The van der Waals surface area contributed by atoms with Crippen LogP contribution in [-0.2, 0) is 4.74 Å². The van der Waals surface area contributed by atoms with E-state index in [9.17, 15) is 34.5 Å². The molecule has 0 radical (unpaired) electrons. The number of fused-ring (bicyclic) bond motifs is 2. The Balaban J connectivity index is 2.58. The minimum Gasteiger partial charge on any atom is -0.515 e. The van der Waals surface area contributed by atoms with E-state index in [0.717, 1.165) is 6.07 Å². The van der Waals surface area contributed by atoms with E-state index in [4.69, 9.17) is 8.83 Å². The van der Waals surface area contributed by atoms with Crippen molar-refractivity contribution in [1.29, 1.82) is 0 Å². The van der Waals surface area contributed by atoms with E-state index < -0.39 is 61.3 Å². The monoisotopic (exact) mass is 386 g/mol. The second kappa shape index (κ2) is 5.79. The van der Waals surface area contributed by atoms with Crippen LogP contribution in [0.3, 0.4) is 0 Å². The van der Waals surface area contributed by atoms with Gasteiger partial charge in [0, 0.05) is 0 Å². The second-order valence-electron chi connectivity index (χ2n) is 6.01. The molecule has 0 aromatic rings. The largest absolute Gasteiger partial charge is 0.515 e. The molecular formula is C18H10O10. The molecule has 1 atom stereocenters. The highest BCUT2D eigenvalue weighted by molar-refractivity contribution is 5.93. The third-order valence-corrected chi connectivity index (χ3v) is 4.45. The number of esters is 1. The minimum atomic E-state index is -1.91. The molecule has 0 spiro atoms. The summed E-state index contributed by atoms with van der Waals surface area (Å²) >= 11 is 0. The zero-order chi connectivity index (χ0) is 20.3. The number of carbonyl (C=O) groups is 1. The first-order valence-electron chi connectivity index (χ1n) is 7.79. The molecule has 10 nitrogen and oxygen atoms in total. The van der Waals surface area contributed by atoms with Gasteiger partial charge in [-0.25, -0.2) is 9.59 Å². The van der Waals surface area contributed by atoms with E-state index in [2.05, 4.69) is 4.74 Å². The summed E-state index contributed by atoms with van der Waals surface area (Å²) in [6, 6.07) is 1.07. The molecule has 2 aliphatic carbocycles. The summed E-state index contributed by atoms with van der Waals surface area (Å²) in [5.74, 6) is -1.17. The van der Waals surface area contributed by atoms with Crippen LogP contribution in [0.15, 0.2) is 29.3 Å². The second-order valence-corrected chi connectivity index (χ2v) is 6.01. The molecule has 4 rings (SSSR count). The SMILES string of the molecule is Cc1cc(=O)/c(=C/O)c2oc3c4c(c(=O)/c(=C/O)c=3oc(=O)c1=2)C(=O)OC4O. The van der Waals surface area contributed by atoms with Gasteiger partial charge in [0.2, 0.25) is 11.7 Å². The first kappa shape index (κ1) is 17.5. The van der Waals surface area contributed by atoms with Crippen LogP contribution in [-0.4, -0.2) is 21.3 Å². The Morgan fingerprint density at radius 3 is 2.29 bits per heavy atom. The summed E-state index contributed by atoms with van der Waals surface area (Å²) < 4.78 is 15.4. The zero-order valence-electron chi connectivity index (χ0n) is 14.0. The first-order chi connectivity index (χ1) is 13.3. The molecule has 10 heteroatoms. The van der Waals surface area contributed by atoms with Gasteiger partial charge < -0.3 is 28.9 Å². The summed E-state index contributed by atoms with van der Waals surface area (Å²) in [5.41, 5.74) is -5.09. The molecule has 0 aromatic carbocycles. The van der Waals surface area contributed by atoms with Gasteiger partial charge in [-0.2, -0.15) is 0 Å². The van der Waals surface area contributed by atoms with Gasteiger partial charge in [-0.15, -0.1) is 0 Å². The Morgan fingerprint density at radius 1 is 0.964 bits per heavy atom. The highest BCUT2D eigenvalue weighted by Crippen LogP contribution is 2.26. The minimum absolute atomic E-state index is 0.157. The van der Waals surface area contributed by atoms with Gasteiger partial charge in [0.25, 0.3) is 0 Å². The van der Waals surface area contributed by atoms with E-state index in [0.29, 0.717) is 12.5 Å². The van der Waals surface area contributed by atoms with Crippen LogP contribution in [0.5, 0.6) is 0 Å². The molecule has 0 fully saturated rings. The lowest BCUT2D eigenvalue weighted by Crippen LogP contribution is -2.31. The molecule has 0 amide bonds. The number of carbonyl (C=O) groups excluding carboxylic acids is 1. The van der Waals surface area contributed by atoms with E-state index in [1.165, 1.54) is 6.92 Å². The smallest absolute Gasteiger partial charge is 0.347 e. The van der Waals surface area contributed by atoms with Crippen LogP contribution in [0, 0.1) is 28.4 Å². The lowest BCUT2D eigenvalue weighted by atomic mass is 10.1. The molecule has 0 bridgehead atoms. The summed E-state index contributed by atoms with van der Waals surface area (Å²) in [7, 11) is 0. The van der Waals surface area contributed by atoms with Gasteiger partial charge in [0.05, 0.1) is 23.3 Å². The Labute approximate surface area is 151 Å². The van der Waals surface area contributed by atoms with Crippen molar-refractivity contribution in [3.05, 3.63) is 85.5 Å². The van der Waals surface area contributed by atoms with Crippen LogP contribution in [0.1, 0.15) is 27.8 Å². The highest BCUT2D eigenvalue weighted by atomic mass is 16.6. The maximum absolute atomic E-state index is 12.6. The Morgan fingerprint density at radius 2 is 1.64 bits per heavy atom. The third-order valence-electron chi connectivity index (χ3n) is 4.45. The fourth-order valence-electron chi connectivity index (χ4n) is 3.20. The maximum Gasteiger partial charge on any atom is 0.347 e. The molecule has 3 N–H and O–H groups in total. The molecular weight excluding hydrogens is 376 g/mol. The van der Waals surface area contributed by atoms with E-state index in [1.54, 1.807) is 0 Å². The van der Waals surface area contributed by atoms with Gasteiger partial charge in [-0.3, -0.25) is 9.59 Å². The van der Waals surface area contributed by atoms with Crippen molar-refractivity contribution >= 4 is 18.5 Å². The third kappa shape index (κ3) is 2.12. The number of aliphatic hydroxyl groups is 3. The molecule has 0 aromatic heterocycles. The van der Waals surface area contributed by atoms with Crippen molar-refractivity contribution < 1.29 is 33.7 Å². The predicted molar refractivity (Wildman–Crippen MR) is 88.9 cm³/mol. The van der Waals surface area contributed by atoms with Gasteiger partial charge in [-0.1, -0.05) is 0 Å². The average molecular weight is 386 g/mol. The van der Waals surface area contributed by atoms with Crippen LogP contribution < -0.4 is 26.9 Å². The van der Waals surface area contributed by atoms with Crippen molar-refractivity contribution in [2.24, 2.45) is 0 Å². The van der Waals surface area contributed by atoms with Crippen molar-refractivity contribution in [3.8, 4) is 0 Å². The number of rotatable bonds is 0. The standard InChI is InChI=1S/C18H10O10/c1-5-2-8(21)6(3-19)13-9(5)16(23)27-14-7(4-20)12(22)10-11(15(14)26-13)18(25)28-17(10)24/h2-4,18-20,25H,1H3/b6-3-,7-4-. The first-order valence-corrected chi connectivity index (χ1v) is 7.79. The van der Waals surface area contributed by atoms with Gasteiger partial charge in [0.15, 0.2) is 21.7 Å². The summed E-state index contributed by atoms with van der Waals surface area (Å²) in [6.07, 6.45) is -1.16. The fraction of sp³-hybridized carbons (Fsp3) is 0.111. The number of hydrogen-bond donors (Lipinski definition) is 3. The Kier molecular flexibility index (Phi) is 3.62. The zero-order valence-corrected chi connectivity index (χ0v) is 14.0. The molecule has 0 saturated heterocycles. The molecule has 0 saturated carbocycles. The summed E-state index contributed by atoms with van der Waals surface area (Å²) in [6.45, 7) is 1.42. The van der Waals surface area contributed by atoms with Gasteiger partial charge in [-0.05, 0) is 18.6 Å². The number of aryl methyl sites for hydroxylation is 1. The van der Waals surface area contributed by atoms with Crippen molar-refractivity contribution in [2.75, 3.05) is 0 Å². The number of ether oxygens (including phenoxy) is 1. The lowest BCUT2D eigenvalue weighted by molar-refractivity contribution is -0.0560. The van der Waals surface area contributed by atoms with Crippen LogP contribution in [0.4, 0.5) is 0 Å². The molecule has 4 aliphatic rings. The molecule has 2 heterocycles. The Bertz CT molecular complexity index is 1610. The maximum atomic E-state index is 12.6. The van der Waals surface area contributed by atoms with Crippen LogP contribution >= 0.6 is 0 Å². The predicted octanol–water partition coefficient (Wildman–Crippen LogP) is -1.54. The molecule has 28 heavy (non-hydrogen) atoms. The normalized spacial score (nSPS) is 17.4. The number of hydrogen-bond acceptors (Lipinski definition) is 10. The summed E-state index contributed by atoms with van der Waals surface area (Å²) in [5, 5.41) is 27.8. The fourth-order valence-corrected chi connectivity index (χ4v) is 3.20.